The minimum atomic E-state index is -0.997. The number of anilines is 1. The zero-order chi connectivity index (χ0) is 18.4. The van der Waals surface area contributed by atoms with Crippen molar-refractivity contribution >= 4 is 17.6 Å². The fourth-order valence-electron chi connectivity index (χ4n) is 3.07. The van der Waals surface area contributed by atoms with Gasteiger partial charge in [-0.05, 0) is 35.8 Å². The van der Waals surface area contributed by atoms with Crippen molar-refractivity contribution in [3.8, 4) is 17.1 Å². The van der Waals surface area contributed by atoms with Crippen LogP contribution in [0.5, 0.6) is 5.75 Å². The number of aliphatic carboxylic acids is 1. The van der Waals surface area contributed by atoms with Crippen molar-refractivity contribution in [2.24, 2.45) is 17.3 Å². The van der Waals surface area contributed by atoms with Crippen LogP contribution in [0.2, 0.25) is 0 Å². The van der Waals surface area contributed by atoms with E-state index in [-0.39, 0.29) is 11.4 Å². The zero-order valence-corrected chi connectivity index (χ0v) is 14.1. The van der Waals surface area contributed by atoms with Crippen molar-refractivity contribution in [1.29, 1.82) is 0 Å². The minimum Gasteiger partial charge on any atom is -0.506 e. The van der Waals surface area contributed by atoms with Crippen LogP contribution in [-0.2, 0) is 16.1 Å². The van der Waals surface area contributed by atoms with Crippen LogP contribution in [0, 0.1) is 17.3 Å². The second kappa shape index (κ2) is 5.83. The van der Waals surface area contributed by atoms with Gasteiger partial charge in [0.2, 0.25) is 11.7 Å². The predicted molar refractivity (Wildman–Crippen MR) is 87.6 cm³/mol. The van der Waals surface area contributed by atoms with E-state index >= 15 is 0 Å². The predicted octanol–water partition coefficient (Wildman–Crippen LogP) is 1.36. The second-order valence-corrected chi connectivity index (χ2v) is 6.64. The number of aromatic nitrogens is 4. The van der Waals surface area contributed by atoms with Gasteiger partial charge in [0.15, 0.2) is 0 Å². The van der Waals surface area contributed by atoms with Gasteiger partial charge in [-0.15, -0.1) is 10.2 Å². The van der Waals surface area contributed by atoms with Gasteiger partial charge in [0.25, 0.3) is 0 Å². The van der Waals surface area contributed by atoms with Crippen molar-refractivity contribution in [3.05, 3.63) is 18.2 Å². The van der Waals surface area contributed by atoms with E-state index in [1.807, 2.05) is 6.92 Å². The van der Waals surface area contributed by atoms with E-state index in [0.29, 0.717) is 17.9 Å². The van der Waals surface area contributed by atoms with Gasteiger partial charge in [0.05, 0.1) is 24.1 Å². The Balaban J connectivity index is 1.82. The molecular formula is C16H19N5O4. The number of phenols is 1. The number of rotatable bonds is 5. The number of aryl methyl sites for hydroxylation is 1. The van der Waals surface area contributed by atoms with Gasteiger partial charge in [-0.3, -0.25) is 9.59 Å². The summed E-state index contributed by atoms with van der Waals surface area (Å²) in [6.07, 6.45) is 0. The van der Waals surface area contributed by atoms with Crippen LogP contribution in [0.3, 0.4) is 0 Å². The van der Waals surface area contributed by atoms with Gasteiger partial charge >= 0.3 is 5.97 Å². The molecule has 0 aliphatic heterocycles. The Morgan fingerprint density at radius 3 is 2.60 bits per heavy atom. The number of benzene rings is 1. The highest BCUT2D eigenvalue weighted by Gasteiger charge is 2.65. The van der Waals surface area contributed by atoms with Gasteiger partial charge < -0.3 is 15.5 Å². The standard InChI is InChI=1S/C16H19N5O4/c1-4-21-19-13(18-20-21)8-5-6-10(22)9(7-8)17-14(23)11-12(15(24)25)16(11,2)3/h5-7,11-12,22H,4H2,1-3H3,(H,17,23)(H,24,25)/t11-,12+/m1/s1. The molecule has 0 saturated heterocycles. The lowest BCUT2D eigenvalue weighted by atomic mass is 10.1. The summed E-state index contributed by atoms with van der Waals surface area (Å²) in [6, 6.07) is 4.57. The van der Waals surface area contributed by atoms with Gasteiger partial charge in [-0.25, -0.2) is 0 Å². The molecule has 1 aliphatic rings. The van der Waals surface area contributed by atoms with Crippen LogP contribution >= 0.6 is 0 Å². The Labute approximate surface area is 143 Å². The summed E-state index contributed by atoms with van der Waals surface area (Å²) >= 11 is 0. The van der Waals surface area contributed by atoms with Crippen LogP contribution in [0.25, 0.3) is 11.4 Å². The van der Waals surface area contributed by atoms with Crippen molar-refractivity contribution in [2.75, 3.05) is 5.32 Å². The zero-order valence-electron chi connectivity index (χ0n) is 14.1. The smallest absolute Gasteiger partial charge is 0.307 e. The molecule has 1 amide bonds. The van der Waals surface area contributed by atoms with Crippen molar-refractivity contribution in [1.82, 2.24) is 20.2 Å². The third-order valence-corrected chi connectivity index (χ3v) is 4.62. The van der Waals surface area contributed by atoms with E-state index in [9.17, 15) is 19.8 Å². The molecule has 1 fully saturated rings. The molecular weight excluding hydrogens is 326 g/mol. The first-order valence-electron chi connectivity index (χ1n) is 7.90. The van der Waals surface area contributed by atoms with Gasteiger partial charge in [-0.1, -0.05) is 13.8 Å². The molecule has 1 aromatic heterocycles. The lowest BCUT2D eigenvalue weighted by Gasteiger charge is -2.09. The number of nitrogens with one attached hydrogen (secondary N) is 1. The molecule has 0 bridgehead atoms. The topological polar surface area (TPSA) is 130 Å². The summed E-state index contributed by atoms with van der Waals surface area (Å²) in [6.45, 7) is 5.92. The number of carbonyl (C=O) groups excluding carboxylic acids is 1. The number of tetrazole rings is 1. The fraction of sp³-hybridized carbons (Fsp3) is 0.438. The molecule has 9 nitrogen and oxygen atoms in total. The number of amides is 1. The van der Waals surface area contributed by atoms with Crippen molar-refractivity contribution in [2.45, 2.75) is 27.3 Å². The molecule has 1 aliphatic carbocycles. The number of hydrogen-bond donors (Lipinski definition) is 3. The van der Waals surface area contributed by atoms with Gasteiger partial charge in [0, 0.05) is 5.56 Å². The molecule has 2 aromatic rings. The van der Waals surface area contributed by atoms with Gasteiger partial charge in [-0.2, -0.15) is 4.80 Å². The van der Waals surface area contributed by atoms with E-state index in [1.165, 1.54) is 16.9 Å². The van der Waals surface area contributed by atoms with E-state index in [0.717, 1.165) is 0 Å². The summed E-state index contributed by atoms with van der Waals surface area (Å²) in [5.41, 5.74) is 0.147. The Kier molecular flexibility index (Phi) is 3.94. The van der Waals surface area contributed by atoms with Crippen LogP contribution in [0.15, 0.2) is 18.2 Å². The quantitative estimate of drug-likeness (QED) is 0.697. The first-order chi connectivity index (χ1) is 11.8. The highest BCUT2D eigenvalue weighted by atomic mass is 16.4. The van der Waals surface area contributed by atoms with E-state index < -0.39 is 29.1 Å². The molecule has 3 N–H and O–H groups in total. The van der Waals surface area contributed by atoms with Gasteiger partial charge in [0.1, 0.15) is 5.75 Å². The number of nitrogens with zero attached hydrogens (tertiary/aromatic N) is 4. The molecule has 1 heterocycles. The molecule has 2 atom stereocenters. The molecule has 0 radical (unpaired) electrons. The molecule has 9 heteroatoms. The van der Waals surface area contributed by atoms with Crippen LogP contribution < -0.4 is 5.32 Å². The summed E-state index contributed by atoms with van der Waals surface area (Å²) in [5, 5.41) is 33.8. The first kappa shape index (κ1) is 16.9. The number of phenolic OH excluding ortho intramolecular Hbond substituents is 1. The summed E-state index contributed by atoms with van der Waals surface area (Å²) in [4.78, 5) is 25.1. The average Bonchev–Trinajstić information content (AvgIpc) is 2.92. The molecule has 3 rings (SSSR count). The molecule has 1 aromatic carbocycles. The highest BCUT2D eigenvalue weighted by molar-refractivity contribution is 6.00. The third kappa shape index (κ3) is 2.92. The molecule has 25 heavy (non-hydrogen) atoms. The van der Waals surface area contributed by atoms with Crippen LogP contribution in [-0.4, -0.2) is 42.3 Å². The SMILES string of the molecule is CCn1nnc(-c2ccc(O)c(NC(=O)[C@H]3[C@@H](C(=O)O)C3(C)C)c2)n1. The van der Waals surface area contributed by atoms with E-state index in [1.54, 1.807) is 19.9 Å². The number of carboxylic acids is 1. The second-order valence-electron chi connectivity index (χ2n) is 6.64. The summed E-state index contributed by atoms with van der Waals surface area (Å²) in [5.74, 6) is -2.56. The molecule has 1 saturated carbocycles. The third-order valence-electron chi connectivity index (χ3n) is 4.62. The maximum atomic E-state index is 12.4. The fourth-order valence-corrected chi connectivity index (χ4v) is 3.07. The normalized spacial score (nSPS) is 20.9. The van der Waals surface area contributed by atoms with E-state index in [4.69, 9.17) is 0 Å². The number of hydrogen-bond acceptors (Lipinski definition) is 6. The molecule has 132 valence electrons. The monoisotopic (exact) mass is 345 g/mol. The number of aromatic hydroxyl groups is 1. The van der Waals surface area contributed by atoms with Crippen molar-refractivity contribution < 1.29 is 19.8 Å². The van der Waals surface area contributed by atoms with Crippen molar-refractivity contribution in [3.63, 3.8) is 0 Å². The highest BCUT2D eigenvalue weighted by Crippen LogP contribution is 2.58. The van der Waals surface area contributed by atoms with E-state index in [2.05, 4.69) is 20.7 Å². The summed E-state index contributed by atoms with van der Waals surface area (Å²) in [7, 11) is 0. The number of carboxylic acid groups (broad SMARTS) is 1. The van der Waals surface area contributed by atoms with Crippen LogP contribution in [0.1, 0.15) is 20.8 Å². The lowest BCUT2D eigenvalue weighted by Crippen LogP contribution is -2.17. The maximum absolute atomic E-state index is 12.4. The first-order valence-corrected chi connectivity index (χ1v) is 7.90. The Morgan fingerprint density at radius 1 is 1.32 bits per heavy atom. The average molecular weight is 345 g/mol. The Hall–Kier alpha value is -2.97. The lowest BCUT2D eigenvalue weighted by molar-refractivity contribution is -0.140. The number of carbonyl (C=O) groups is 2. The minimum absolute atomic E-state index is 0.120. The van der Waals surface area contributed by atoms with Crippen LogP contribution in [0.4, 0.5) is 5.69 Å². The Morgan fingerprint density at radius 2 is 2.04 bits per heavy atom. The Bertz CT molecular complexity index is 845. The molecule has 0 unspecified atom stereocenters. The maximum Gasteiger partial charge on any atom is 0.307 e. The molecule has 0 spiro atoms. The largest absolute Gasteiger partial charge is 0.506 e. The summed E-state index contributed by atoms with van der Waals surface area (Å²) < 4.78 is 0.